The number of aliphatic hydroxyl groups excluding tert-OH is 1. The van der Waals surface area contributed by atoms with Crippen LogP contribution in [0.2, 0.25) is 0 Å². The van der Waals surface area contributed by atoms with E-state index < -0.39 is 34.8 Å². The summed E-state index contributed by atoms with van der Waals surface area (Å²) in [6.07, 6.45) is 2.51. The van der Waals surface area contributed by atoms with Gasteiger partial charge in [0, 0.05) is 12.5 Å². The third kappa shape index (κ3) is 3.18. The number of aromatic nitrogens is 4. The van der Waals surface area contributed by atoms with Crippen LogP contribution in [0.25, 0.3) is 11.5 Å². The highest BCUT2D eigenvalue weighted by Crippen LogP contribution is 2.43. The number of imidazole rings is 1. The SMILES string of the molecule is O=c1cnn2c(c1O)-c1ncc(CO)n1C[C@@H]2C(c1ccc(F)cc1)c1ccc(F)cc1. The Kier molecular flexibility index (Phi) is 4.82. The molecule has 2 N–H and O–H groups in total. The molecule has 0 saturated carbocycles. The van der Waals surface area contributed by atoms with Crippen LogP contribution in [0.4, 0.5) is 8.78 Å². The first-order valence-corrected chi connectivity index (χ1v) is 9.95. The molecular weight excluding hydrogens is 418 g/mol. The Morgan fingerprint density at radius 1 is 1.00 bits per heavy atom. The van der Waals surface area contributed by atoms with Crippen LogP contribution >= 0.6 is 0 Å². The number of benzene rings is 2. The summed E-state index contributed by atoms with van der Waals surface area (Å²) in [6.45, 7) is 0.00962. The van der Waals surface area contributed by atoms with Crippen molar-refractivity contribution in [3.8, 4) is 17.3 Å². The summed E-state index contributed by atoms with van der Waals surface area (Å²) >= 11 is 0. The van der Waals surface area contributed by atoms with Crippen LogP contribution in [0, 0.1) is 11.6 Å². The van der Waals surface area contributed by atoms with Gasteiger partial charge in [0.2, 0.25) is 5.43 Å². The van der Waals surface area contributed by atoms with Crippen molar-refractivity contribution in [3.05, 3.63) is 99.6 Å². The van der Waals surface area contributed by atoms with Gasteiger partial charge >= 0.3 is 0 Å². The summed E-state index contributed by atoms with van der Waals surface area (Å²) in [6, 6.07) is 11.4. The van der Waals surface area contributed by atoms with Gasteiger partial charge < -0.3 is 14.8 Å². The molecule has 0 spiro atoms. The van der Waals surface area contributed by atoms with Gasteiger partial charge in [-0.25, -0.2) is 13.8 Å². The molecule has 0 amide bonds. The molecule has 0 bridgehead atoms. The van der Waals surface area contributed by atoms with E-state index in [2.05, 4.69) is 10.1 Å². The fourth-order valence-corrected chi connectivity index (χ4v) is 4.34. The van der Waals surface area contributed by atoms with E-state index in [1.807, 2.05) is 0 Å². The topological polar surface area (TPSA) is 93.2 Å². The molecule has 2 aromatic heterocycles. The zero-order valence-electron chi connectivity index (χ0n) is 16.7. The average Bonchev–Trinajstić information content (AvgIpc) is 3.21. The molecule has 1 aliphatic heterocycles. The normalized spacial score (nSPS) is 14.9. The van der Waals surface area contributed by atoms with Crippen molar-refractivity contribution in [2.75, 3.05) is 0 Å². The largest absolute Gasteiger partial charge is 0.503 e. The van der Waals surface area contributed by atoms with E-state index in [-0.39, 0.29) is 12.3 Å². The molecule has 0 fully saturated rings. The molecule has 4 aromatic rings. The number of fused-ring (bicyclic) bond motifs is 3. The molecule has 162 valence electrons. The number of hydrogen-bond donors (Lipinski definition) is 2. The third-order valence-electron chi connectivity index (χ3n) is 5.83. The Morgan fingerprint density at radius 2 is 1.59 bits per heavy atom. The van der Waals surface area contributed by atoms with Crippen molar-refractivity contribution in [3.63, 3.8) is 0 Å². The van der Waals surface area contributed by atoms with E-state index in [9.17, 15) is 23.8 Å². The molecule has 9 heteroatoms. The van der Waals surface area contributed by atoms with Crippen molar-refractivity contribution < 1.29 is 19.0 Å². The van der Waals surface area contributed by atoms with Gasteiger partial charge in [-0.05, 0) is 35.4 Å². The first kappa shape index (κ1) is 20.1. The molecule has 0 saturated heterocycles. The fourth-order valence-electron chi connectivity index (χ4n) is 4.34. The maximum Gasteiger partial charge on any atom is 0.242 e. The van der Waals surface area contributed by atoms with Gasteiger partial charge in [-0.2, -0.15) is 5.10 Å². The van der Waals surface area contributed by atoms with E-state index in [1.165, 1.54) is 35.1 Å². The van der Waals surface area contributed by atoms with Gasteiger partial charge in [0.05, 0.1) is 30.7 Å². The van der Waals surface area contributed by atoms with E-state index in [0.717, 1.165) is 17.3 Å². The Morgan fingerprint density at radius 3 is 2.16 bits per heavy atom. The molecule has 3 heterocycles. The minimum absolute atomic E-state index is 0.127. The molecule has 5 rings (SSSR count). The Labute approximate surface area is 180 Å². The average molecular weight is 436 g/mol. The van der Waals surface area contributed by atoms with Gasteiger partial charge in [0.15, 0.2) is 11.6 Å². The summed E-state index contributed by atoms with van der Waals surface area (Å²) in [5.74, 6) is -1.42. The molecule has 0 radical (unpaired) electrons. The summed E-state index contributed by atoms with van der Waals surface area (Å²) in [7, 11) is 0. The van der Waals surface area contributed by atoms with Crippen LogP contribution < -0.4 is 5.43 Å². The van der Waals surface area contributed by atoms with Crippen molar-refractivity contribution in [2.24, 2.45) is 0 Å². The molecule has 0 unspecified atom stereocenters. The predicted molar refractivity (Wildman–Crippen MR) is 111 cm³/mol. The zero-order valence-corrected chi connectivity index (χ0v) is 16.7. The molecule has 1 aliphatic rings. The number of hydrogen-bond acceptors (Lipinski definition) is 5. The second-order valence-electron chi connectivity index (χ2n) is 7.64. The standard InChI is InChI=1S/C23H18F2N4O3/c24-15-5-1-13(2-6-15)20(14-3-7-16(25)8-4-14)18-11-28-17(12-30)9-26-23(28)21-22(32)19(31)10-27-29(18)21/h1-10,18,20,30,32H,11-12H2/t18-/m1/s1. The van der Waals surface area contributed by atoms with Crippen molar-refractivity contribution in [1.82, 2.24) is 19.3 Å². The van der Waals surface area contributed by atoms with Gasteiger partial charge in [-0.1, -0.05) is 24.3 Å². The molecular formula is C23H18F2N4O3. The smallest absolute Gasteiger partial charge is 0.242 e. The number of aliphatic hydroxyl groups is 1. The maximum atomic E-state index is 13.7. The lowest BCUT2D eigenvalue weighted by Gasteiger charge is -2.35. The summed E-state index contributed by atoms with van der Waals surface area (Å²) in [5, 5.41) is 24.7. The van der Waals surface area contributed by atoms with E-state index >= 15 is 0 Å². The fraction of sp³-hybridized carbons (Fsp3) is 0.174. The lowest BCUT2D eigenvalue weighted by molar-refractivity contribution is 0.260. The molecule has 0 aliphatic carbocycles. The van der Waals surface area contributed by atoms with Crippen molar-refractivity contribution in [2.45, 2.75) is 25.1 Å². The van der Waals surface area contributed by atoms with Gasteiger partial charge in [-0.15, -0.1) is 0 Å². The highest BCUT2D eigenvalue weighted by Gasteiger charge is 2.36. The minimum Gasteiger partial charge on any atom is -0.503 e. The quantitative estimate of drug-likeness (QED) is 0.513. The first-order valence-electron chi connectivity index (χ1n) is 9.95. The second-order valence-corrected chi connectivity index (χ2v) is 7.64. The van der Waals surface area contributed by atoms with Crippen LogP contribution in [-0.2, 0) is 13.2 Å². The Balaban J connectivity index is 1.76. The van der Waals surface area contributed by atoms with E-state index in [4.69, 9.17) is 0 Å². The van der Waals surface area contributed by atoms with Crippen LogP contribution in [0.15, 0.2) is 65.7 Å². The Hall–Kier alpha value is -3.85. The summed E-state index contributed by atoms with van der Waals surface area (Å²) < 4.78 is 30.6. The monoisotopic (exact) mass is 436 g/mol. The minimum atomic E-state index is -0.655. The van der Waals surface area contributed by atoms with E-state index in [0.29, 0.717) is 18.1 Å². The maximum absolute atomic E-state index is 13.7. The molecule has 7 nitrogen and oxygen atoms in total. The second kappa shape index (κ2) is 7.69. The molecule has 32 heavy (non-hydrogen) atoms. The van der Waals surface area contributed by atoms with Gasteiger partial charge in [-0.3, -0.25) is 9.48 Å². The lowest BCUT2D eigenvalue weighted by Crippen LogP contribution is -2.33. The lowest BCUT2D eigenvalue weighted by atomic mass is 9.84. The zero-order chi connectivity index (χ0) is 22.4. The number of rotatable bonds is 4. The van der Waals surface area contributed by atoms with Crippen LogP contribution in [0.1, 0.15) is 28.8 Å². The van der Waals surface area contributed by atoms with Gasteiger partial charge in [0.1, 0.15) is 17.3 Å². The van der Waals surface area contributed by atoms with Crippen LogP contribution in [-0.4, -0.2) is 29.5 Å². The first-order chi connectivity index (χ1) is 15.5. The number of nitrogens with zero attached hydrogens (tertiary/aromatic N) is 4. The van der Waals surface area contributed by atoms with Crippen molar-refractivity contribution in [1.29, 1.82) is 0 Å². The summed E-state index contributed by atoms with van der Waals surface area (Å²) in [4.78, 5) is 16.5. The Bertz CT molecular complexity index is 1300. The van der Waals surface area contributed by atoms with Crippen LogP contribution in [0.3, 0.4) is 0 Å². The number of halogens is 2. The van der Waals surface area contributed by atoms with Crippen LogP contribution in [0.5, 0.6) is 5.75 Å². The molecule has 1 atom stereocenters. The predicted octanol–water partition coefficient (Wildman–Crippen LogP) is 2.97. The highest BCUT2D eigenvalue weighted by atomic mass is 19.1. The van der Waals surface area contributed by atoms with E-state index in [1.54, 1.807) is 28.8 Å². The molecule has 2 aromatic carbocycles. The van der Waals surface area contributed by atoms with Gasteiger partial charge in [0.25, 0.3) is 0 Å². The third-order valence-corrected chi connectivity index (χ3v) is 5.83. The highest BCUT2D eigenvalue weighted by molar-refractivity contribution is 5.61. The number of aromatic hydroxyl groups is 1. The van der Waals surface area contributed by atoms with Crippen molar-refractivity contribution >= 4 is 0 Å². The summed E-state index contributed by atoms with van der Waals surface area (Å²) in [5.41, 5.74) is 1.45.